The summed E-state index contributed by atoms with van der Waals surface area (Å²) in [4.78, 5) is 10.1. The Kier molecular flexibility index (Phi) is 6.08. The summed E-state index contributed by atoms with van der Waals surface area (Å²) in [5.41, 5.74) is 0. The van der Waals surface area contributed by atoms with Crippen molar-refractivity contribution in [2.75, 3.05) is 6.61 Å². The number of ether oxygens (including phenoxy) is 1. The van der Waals surface area contributed by atoms with Gasteiger partial charge in [0, 0.05) is 13.0 Å². The largest absolute Gasteiger partial charge is 0.374 e. The maximum atomic E-state index is 10.1. The van der Waals surface area contributed by atoms with Gasteiger partial charge in [-0.25, -0.2) is 0 Å². The van der Waals surface area contributed by atoms with Gasteiger partial charge in [0.05, 0.1) is 6.10 Å². The lowest BCUT2D eigenvalue weighted by Gasteiger charge is -2.07. The van der Waals surface area contributed by atoms with Gasteiger partial charge >= 0.3 is 0 Å². The smallest absolute Gasteiger partial charge is 0.122 e. The first-order chi connectivity index (χ1) is 4.85. The summed E-state index contributed by atoms with van der Waals surface area (Å²) in [5, 5.41) is 0. The number of aldehydes is 1. The monoisotopic (exact) mass is 142 g/mol. The highest BCUT2D eigenvalue weighted by Gasteiger charge is 2.00. The van der Waals surface area contributed by atoms with Gasteiger partial charge in [0.1, 0.15) is 6.29 Å². The Morgan fingerprint density at radius 2 is 2.30 bits per heavy atom. The molecule has 0 aromatic heterocycles. The van der Waals surface area contributed by atoms with Crippen molar-refractivity contribution in [3.8, 4) is 0 Å². The summed E-state index contributed by atoms with van der Waals surface area (Å²) in [6, 6.07) is 0. The van der Waals surface area contributed by atoms with E-state index in [1.807, 2.05) is 26.0 Å². The molecule has 0 N–H and O–H groups in total. The topological polar surface area (TPSA) is 26.3 Å². The summed E-state index contributed by atoms with van der Waals surface area (Å²) in [7, 11) is 0. The minimum absolute atomic E-state index is 0.0208. The van der Waals surface area contributed by atoms with Crippen LogP contribution >= 0.6 is 0 Å². The van der Waals surface area contributed by atoms with E-state index in [-0.39, 0.29) is 6.10 Å². The summed E-state index contributed by atoms with van der Waals surface area (Å²) < 4.78 is 5.20. The van der Waals surface area contributed by atoms with E-state index >= 15 is 0 Å². The van der Waals surface area contributed by atoms with Gasteiger partial charge in [-0.1, -0.05) is 12.2 Å². The number of hydrogen-bond acceptors (Lipinski definition) is 2. The summed E-state index contributed by atoms with van der Waals surface area (Å²) in [5.74, 6) is 0. The Morgan fingerprint density at radius 1 is 1.60 bits per heavy atom. The number of allylic oxidation sites excluding steroid dienone is 1. The molecule has 10 heavy (non-hydrogen) atoms. The van der Waals surface area contributed by atoms with E-state index in [4.69, 9.17) is 4.74 Å². The van der Waals surface area contributed by atoms with Crippen LogP contribution < -0.4 is 0 Å². The zero-order valence-corrected chi connectivity index (χ0v) is 6.54. The highest BCUT2D eigenvalue weighted by atomic mass is 16.5. The van der Waals surface area contributed by atoms with Crippen molar-refractivity contribution in [2.45, 2.75) is 26.4 Å². The summed E-state index contributed by atoms with van der Waals surface area (Å²) in [6.45, 7) is 4.49. The molecule has 1 unspecified atom stereocenters. The minimum Gasteiger partial charge on any atom is -0.374 e. The van der Waals surface area contributed by atoms with Gasteiger partial charge in [0.2, 0.25) is 0 Å². The van der Waals surface area contributed by atoms with Crippen LogP contribution in [0.25, 0.3) is 0 Å². The molecule has 0 amide bonds. The molecule has 2 nitrogen and oxygen atoms in total. The molecule has 58 valence electrons. The lowest BCUT2D eigenvalue weighted by Crippen LogP contribution is -2.09. The van der Waals surface area contributed by atoms with Crippen molar-refractivity contribution in [3.63, 3.8) is 0 Å². The van der Waals surface area contributed by atoms with Crippen molar-refractivity contribution in [1.82, 2.24) is 0 Å². The third-order valence-corrected chi connectivity index (χ3v) is 1.12. The average molecular weight is 142 g/mol. The number of rotatable bonds is 5. The van der Waals surface area contributed by atoms with Crippen molar-refractivity contribution in [1.29, 1.82) is 0 Å². The lowest BCUT2D eigenvalue weighted by molar-refractivity contribution is -0.109. The fourth-order valence-electron chi connectivity index (χ4n) is 0.726. The second-order valence-corrected chi connectivity index (χ2v) is 1.92. The Balaban J connectivity index is 3.60. The maximum Gasteiger partial charge on any atom is 0.122 e. The normalized spacial score (nSPS) is 13.8. The van der Waals surface area contributed by atoms with E-state index in [0.29, 0.717) is 13.0 Å². The quantitative estimate of drug-likeness (QED) is 0.430. The van der Waals surface area contributed by atoms with Crippen LogP contribution in [0, 0.1) is 0 Å². The minimum atomic E-state index is -0.0208. The van der Waals surface area contributed by atoms with E-state index < -0.39 is 0 Å². The first-order valence-electron chi connectivity index (χ1n) is 3.53. The molecule has 2 heteroatoms. The Bertz CT molecular complexity index is 108. The fraction of sp³-hybridized carbons (Fsp3) is 0.625. The second kappa shape index (κ2) is 6.49. The van der Waals surface area contributed by atoms with Crippen LogP contribution in [0.15, 0.2) is 12.2 Å². The molecular weight excluding hydrogens is 128 g/mol. The van der Waals surface area contributed by atoms with Crippen molar-refractivity contribution in [3.05, 3.63) is 12.2 Å². The first-order valence-corrected chi connectivity index (χ1v) is 3.53. The van der Waals surface area contributed by atoms with Crippen molar-refractivity contribution < 1.29 is 9.53 Å². The number of hydrogen-bond donors (Lipinski definition) is 0. The fourth-order valence-corrected chi connectivity index (χ4v) is 0.726. The van der Waals surface area contributed by atoms with Crippen molar-refractivity contribution in [2.24, 2.45) is 0 Å². The van der Waals surface area contributed by atoms with Gasteiger partial charge in [0.25, 0.3) is 0 Å². The third kappa shape index (κ3) is 4.27. The highest BCUT2D eigenvalue weighted by molar-refractivity contribution is 5.50. The van der Waals surface area contributed by atoms with Crippen LogP contribution in [0.5, 0.6) is 0 Å². The number of carbonyl (C=O) groups excluding carboxylic acids is 1. The second-order valence-electron chi connectivity index (χ2n) is 1.92. The van der Waals surface area contributed by atoms with Crippen LogP contribution in [-0.2, 0) is 9.53 Å². The zero-order chi connectivity index (χ0) is 7.82. The van der Waals surface area contributed by atoms with E-state index in [1.54, 1.807) is 0 Å². The van der Waals surface area contributed by atoms with Crippen LogP contribution in [0.1, 0.15) is 20.3 Å². The molecule has 0 aromatic carbocycles. The Labute approximate surface area is 61.9 Å². The van der Waals surface area contributed by atoms with Gasteiger partial charge in [0.15, 0.2) is 0 Å². The molecule has 0 bridgehead atoms. The molecule has 0 saturated heterocycles. The first kappa shape index (κ1) is 9.37. The van der Waals surface area contributed by atoms with Gasteiger partial charge in [-0.05, 0) is 13.8 Å². The molecule has 0 aliphatic carbocycles. The third-order valence-electron chi connectivity index (χ3n) is 1.12. The molecule has 0 fully saturated rings. The van der Waals surface area contributed by atoms with E-state index in [0.717, 1.165) is 6.29 Å². The van der Waals surface area contributed by atoms with E-state index in [1.165, 1.54) is 0 Å². The maximum absolute atomic E-state index is 10.1. The number of carbonyl (C=O) groups is 1. The van der Waals surface area contributed by atoms with Crippen molar-refractivity contribution >= 4 is 6.29 Å². The standard InChI is InChI=1S/C8H14O2/c1-3-5-8(6-7-9)10-4-2/h3,5,7-8H,4,6H2,1-2H3/b5-3+. The van der Waals surface area contributed by atoms with Gasteiger partial charge in [-0.15, -0.1) is 0 Å². The molecule has 0 rings (SSSR count). The predicted octanol–water partition coefficient (Wildman–Crippen LogP) is 1.56. The van der Waals surface area contributed by atoms with Gasteiger partial charge in [-0.2, -0.15) is 0 Å². The van der Waals surface area contributed by atoms with Gasteiger partial charge < -0.3 is 9.53 Å². The molecule has 0 saturated carbocycles. The predicted molar refractivity (Wildman–Crippen MR) is 40.9 cm³/mol. The molecule has 0 heterocycles. The zero-order valence-electron chi connectivity index (χ0n) is 6.54. The van der Waals surface area contributed by atoms with E-state index in [2.05, 4.69) is 0 Å². The van der Waals surface area contributed by atoms with E-state index in [9.17, 15) is 4.79 Å². The van der Waals surface area contributed by atoms with Crippen LogP contribution in [-0.4, -0.2) is 19.0 Å². The Hall–Kier alpha value is -0.630. The van der Waals surface area contributed by atoms with Crippen LogP contribution in [0.2, 0.25) is 0 Å². The molecule has 0 aromatic rings. The highest BCUT2D eigenvalue weighted by Crippen LogP contribution is 1.97. The summed E-state index contributed by atoms with van der Waals surface area (Å²) >= 11 is 0. The summed E-state index contributed by atoms with van der Waals surface area (Å²) in [6.07, 6.45) is 5.09. The van der Waals surface area contributed by atoms with Crippen LogP contribution in [0.4, 0.5) is 0 Å². The molecule has 0 spiro atoms. The molecule has 0 aliphatic rings. The molecular formula is C8H14O2. The average Bonchev–Trinajstić information content (AvgIpc) is 1.90. The Morgan fingerprint density at radius 3 is 2.70 bits per heavy atom. The molecule has 0 aliphatic heterocycles. The molecule has 1 atom stereocenters. The molecule has 0 radical (unpaired) electrons. The van der Waals surface area contributed by atoms with Crippen LogP contribution in [0.3, 0.4) is 0 Å². The SMILES string of the molecule is C/C=C/C(CC=O)OCC. The lowest BCUT2D eigenvalue weighted by atomic mass is 10.2. The van der Waals surface area contributed by atoms with Gasteiger partial charge in [-0.3, -0.25) is 0 Å².